The summed E-state index contributed by atoms with van der Waals surface area (Å²) in [4.78, 5) is 14.3. The van der Waals surface area contributed by atoms with E-state index in [1.807, 2.05) is 20.8 Å². The molecule has 5 heteroatoms. The Morgan fingerprint density at radius 1 is 1.56 bits per heavy atom. The van der Waals surface area contributed by atoms with Gasteiger partial charge in [0.25, 0.3) is 0 Å². The third-order valence-corrected chi connectivity index (χ3v) is 4.90. The lowest BCUT2D eigenvalue weighted by molar-refractivity contribution is -0.155. The molecule has 3 rings (SSSR count). The van der Waals surface area contributed by atoms with Crippen molar-refractivity contribution in [2.75, 3.05) is 32.9 Å². The molecular weight excluding hydrogens is 232 g/mol. The maximum atomic E-state index is 12.1. The van der Waals surface area contributed by atoms with Crippen molar-refractivity contribution in [3.05, 3.63) is 0 Å². The number of carbonyl (C=O) groups is 1. The molecule has 0 aromatic carbocycles. The Labute approximate surface area is 108 Å². The van der Waals surface area contributed by atoms with Crippen LogP contribution < -0.4 is 5.32 Å². The number of nitrogens with zero attached hydrogens (tertiary/aromatic N) is 1. The van der Waals surface area contributed by atoms with Gasteiger partial charge in [-0.05, 0) is 20.8 Å². The zero-order valence-electron chi connectivity index (χ0n) is 11.4. The summed E-state index contributed by atoms with van der Waals surface area (Å²) in [6, 6.07) is 0.948. The lowest BCUT2D eigenvalue weighted by Gasteiger charge is -2.47. The maximum Gasteiger partial charge on any atom is 0.325 e. The molecule has 0 aliphatic carbocycles. The molecule has 3 unspecified atom stereocenters. The lowest BCUT2D eigenvalue weighted by atomic mass is 9.71. The van der Waals surface area contributed by atoms with Gasteiger partial charge >= 0.3 is 5.97 Å². The average Bonchev–Trinajstić information content (AvgIpc) is 2.79. The van der Waals surface area contributed by atoms with Gasteiger partial charge in [-0.15, -0.1) is 0 Å². The topological polar surface area (TPSA) is 50.8 Å². The number of hydrogen-bond acceptors (Lipinski definition) is 5. The fraction of sp³-hybridized carbons (Fsp3) is 0.923. The molecule has 3 aliphatic rings. The van der Waals surface area contributed by atoms with E-state index >= 15 is 0 Å². The Morgan fingerprint density at radius 3 is 3.00 bits per heavy atom. The van der Waals surface area contributed by atoms with Crippen LogP contribution in [0.2, 0.25) is 0 Å². The van der Waals surface area contributed by atoms with Crippen molar-refractivity contribution in [1.82, 2.24) is 10.2 Å². The highest BCUT2D eigenvalue weighted by Crippen LogP contribution is 2.47. The van der Waals surface area contributed by atoms with Crippen molar-refractivity contribution in [1.29, 1.82) is 0 Å². The van der Waals surface area contributed by atoms with Crippen LogP contribution in [-0.2, 0) is 14.3 Å². The van der Waals surface area contributed by atoms with Crippen molar-refractivity contribution >= 4 is 5.97 Å². The molecule has 0 saturated carbocycles. The highest BCUT2D eigenvalue weighted by molar-refractivity contribution is 5.80. The third-order valence-electron chi connectivity index (χ3n) is 4.90. The first-order valence-corrected chi connectivity index (χ1v) is 6.77. The van der Waals surface area contributed by atoms with Crippen LogP contribution in [0.25, 0.3) is 0 Å². The SMILES string of the molecule is CCOC(=O)C(C)(C)N1CC2NC3COCC32C1. The molecule has 3 aliphatic heterocycles. The normalized spacial score (nSPS) is 39.1. The van der Waals surface area contributed by atoms with Gasteiger partial charge in [-0.1, -0.05) is 0 Å². The first kappa shape index (κ1) is 12.4. The molecule has 18 heavy (non-hydrogen) atoms. The number of rotatable bonds is 3. The summed E-state index contributed by atoms with van der Waals surface area (Å²) in [6.45, 7) is 9.67. The number of hydrogen-bond donors (Lipinski definition) is 1. The van der Waals surface area contributed by atoms with Crippen LogP contribution in [0.1, 0.15) is 20.8 Å². The number of ether oxygens (including phenoxy) is 2. The van der Waals surface area contributed by atoms with Crippen LogP contribution in [0.5, 0.6) is 0 Å². The fourth-order valence-corrected chi connectivity index (χ4v) is 3.51. The van der Waals surface area contributed by atoms with Crippen LogP contribution in [0, 0.1) is 5.41 Å². The van der Waals surface area contributed by atoms with E-state index in [2.05, 4.69) is 10.2 Å². The zero-order chi connectivity index (χ0) is 13.0. The molecule has 0 aromatic heterocycles. The number of likely N-dealkylation sites (tertiary alicyclic amines) is 1. The summed E-state index contributed by atoms with van der Waals surface area (Å²) < 4.78 is 10.8. The molecule has 3 heterocycles. The number of carbonyl (C=O) groups excluding carboxylic acids is 1. The Balaban J connectivity index is 1.74. The standard InChI is InChI=1S/C13H22N2O3/c1-4-18-11(16)12(2,3)15-5-9-13(7-15)8-17-6-10(13)14-9/h9-10,14H,4-8H2,1-3H3. The van der Waals surface area contributed by atoms with Crippen molar-refractivity contribution in [3.8, 4) is 0 Å². The first-order chi connectivity index (χ1) is 8.50. The zero-order valence-corrected chi connectivity index (χ0v) is 11.4. The average molecular weight is 254 g/mol. The van der Waals surface area contributed by atoms with Crippen molar-refractivity contribution in [2.24, 2.45) is 5.41 Å². The van der Waals surface area contributed by atoms with Gasteiger partial charge in [0.2, 0.25) is 0 Å². The van der Waals surface area contributed by atoms with Gasteiger partial charge < -0.3 is 14.8 Å². The predicted octanol–water partition coefficient (Wildman–Crippen LogP) is 0.000700. The van der Waals surface area contributed by atoms with Crippen molar-refractivity contribution < 1.29 is 14.3 Å². The molecular formula is C13H22N2O3. The second-order valence-electron chi connectivity index (χ2n) is 6.18. The molecule has 5 nitrogen and oxygen atoms in total. The number of esters is 1. The molecule has 0 aromatic rings. The Hall–Kier alpha value is -0.650. The molecule has 3 saturated heterocycles. The van der Waals surface area contributed by atoms with E-state index in [-0.39, 0.29) is 11.4 Å². The maximum absolute atomic E-state index is 12.1. The fourth-order valence-electron chi connectivity index (χ4n) is 3.51. The van der Waals surface area contributed by atoms with Gasteiger partial charge in [-0.3, -0.25) is 9.69 Å². The largest absolute Gasteiger partial charge is 0.465 e. The van der Waals surface area contributed by atoms with E-state index in [9.17, 15) is 4.79 Å². The summed E-state index contributed by atoms with van der Waals surface area (Å²) in [6.07, 6.45) is 0. The van der Waals surface area contributed by atoms with Crippen molar-refractivity contribution in [2.45, 2.75) is 38.4 Å². The summed E-state index contributed by atoms with van der Waals surface area (Å²) in [5, 5.41) is 3.55. The summed E-state index contributed by atoms with van der Waals surface area (Å²) >= 11 is 0. The predicted molar refractivity (Wildman–Crippen MR) is 66.2 cm³/mol. The van der Waals surface area contributed by atoms with Crippen LogP contribution in [0.15, 0.2) is 0 Å². The van der Waals surface area contributed by atoms with Gasteiger partial charge in [-0.2, -0.15) is 0 Å². The Kier molecular flexibility index (Phi) is 2.70. The van der Waals surface area contributed by atoms with Crippen molar-refractivity contribution in [3.63, 3.8) is 0 Å². The number of nitrogens with one attached hydrogen (secondary N) is 1. The quantitative estimate of drug-likeness (QED) is 0.719. The lowest BCUT2D eigenvalue weighted by Crippen LogP contribution is -2.68. The monoisotopic (exact) mass is 254 g/mol. The Morgan fingerprint density at radius 2 is 2.33 bits per heavy atom. The first-order valence-electron chi connectivity index (χ1n) is 6.77. The third kappa shape index (κ3) is 1.47. The molecule has 3 fully saturated rings. The van der Waals surface area contributed by atoms with E-state index < -0.39 is 5.54 Å². The van der Waals surface area contributed by atoms with E-state index in [0.29, 0.717) is 18.7 Å². The molecule has 102 valence electrons. The Bertz CT molecular complexity index is 371. The van der Waals surface area contributed by atoms with Gasteiger partial charge in [0.05, 0.1) is 19.8 Å². The molecule has 0 amide bonds. The molecule has 0 radical (unpaired) electrons. The minimum Gasteiger partial charge on any atom is -0.465 e. The highest BCUT2D eigenvalue weighted by Gasteiger charge is 2.64. The van der Waals surface area contributed by atoms with E-state index in [0.717, 1.165) is 26.3 Å². The van der Waals surface area contributed by atoms with Gasteiger partial charge in [0.1, 0.15) is 5.54 Å². The van der Waals surface area contributed by atoms with Gasteiger partial charge in [0.15, 0.2) is 0 Å². The van der Waals surface area contributed by atoms with Crippen LogP contribution in [-0.4, -0.2) is 61.4 Å². The molecule has 3 atom stereocenters. The van der Waals surface area contributed by atoms with Gasteiger partial charge in [0, 0.05) is 30.6 Å². The van der Waals surface area contributed by atoms with Gasteiger partial charge in [-0.25, -0.2) is 0 Å². The molecule has 0 bridgehead atoms. The van der Waals surface area contributed by atoms with E-state index in [1.54, 1.807) is 0 Å². The summed E-state index contributed by atoms with van der Waals surface area (Å²) in [5.41, 5.74) is -0.305. The highest BCUT2D eigenvalue weighted by atomic mass is 16.5. The minimum atomic E-state index is -0.545. The van der Waals surface area contributed by atoms with E-state index in [1.165, 1.54) is 0 Å². The smallest absolute Gasteiger partial charge is 0.325 e. The molecule has 1 spiro atoms. The molecule has 1 N–H and O–H groups in total. The van der Waals surface area contributed by atoms with E-state index in [4.69, 9.17) is 9.47 Å². The minimum absolute atomic E-state index is 0.127. The second-order valence-corrected chi connectivity index (χ2v) is 6.18. The van der Waals surface area contributed by atoms with Crippen LogP contribution in [0.3, 0.4) is 0 Å². The second kappa shape index (κ2) is 3.92. The van der Waals surface area contributed by atoms with Crippen LogP contribution >= 0.6 is 0 Å². The summed E-state index contributed by atoms with van der Waals surface area (Å²) in [7, 11) is 0. The summed E-state index contributed by atoms with van der Waals surface area (Å²) in [5.74, 6) is -0.127. The van der Waals surface area contributed by atoms with Crippen LogP contribution in [0.4, 0.5) is 0 Å².